The molecule has 7 nitrogen and oxygen atoms in total. The molecule has 0 spiro atoms. The van der Waals surface area contributed by atoms with Gasteiger partial charge in [-0.2, -0.15) is 0 Å². The summed E-state index contributed by atoms with van der Waals surface area (Å²) in [6.07, 6.45) is -2.04. The number of nitrogens with zero attached hydrogens (tertiary/aromatic N) is 1. The molecule has 0 aliphatic carbocycles. The zero-order valence-corrected chi connectivity index (χ0v) is 9.11. The van der Waals surface area contributed by atoms with E-state index in [9.17, 15) is 10.2 Å². The van der Waals surface area contributed by atoms with E-state index < -0.39 is 31.5 Å². The molecule has 0 saturated carbocycles. The van der Waals surface area contributed by atoms with Crippen LogP contribution in [0.4, 0.5) is 0 Å². The van der Waals surface area contributed by atoms with Gasteiger partial charge in [-0.25, -0.2) is 0 Å². The van der Waals surface area contributed by atoms with E-state index in [4.69, 9.17) is 20.4 Å². The van der Waals surface area contributed by atoms with Crippen molar-refractivity contribution in [1.29, 1.82) is 0 Å². The van der Waals surface area contributed by atoms with Gasteiger partial charge in [-0.15, -0.1) is 0 Å². The van der Waals surface area contributed by atoms with Crippen LogP contribution in [0.5, 0.6) is 0 Å². The largest absolute Gasteiger partial charge is 0.395 e. The summed E-state index contributed by atoms with van der Waals surface area (Å²) in [5, 5.41) is 53.8. The van der Waals surface area contributed by atoms with Crippen LogP contribution in [0.2, 0.25) is 0 Å². The lowest BCUT2D eigenvalue weighted by atomic mass is 10.2. The minimum atomic E-state index is -1.02. The topological polar surface area (TPSA) is 125 Å². The zero-order valence-electron chi connectivity index (χ0n) is 9.11. The van der Waals surface area contributed by atoms with Crippen molar-refractivity contribution in [2.75, 3.05) is 39.5 Å². The van der Waals surface area contributed by atoms with Crippen molar-refractivity contribution < 1.29 is 30.6 Å². The van der Waals surface area contributed by atoms with E-state index in [1.54, 1.807) is 0 Å². The summed E-state index contributed by atoms with van der Waals surface area (Å²) in [4.78, 5) is 1.42. The summed E-state index contributed by atoms with van der Waals surface area (Å²) < 4.78 is 0. The van der Waals surface area contributed by atoms with E-state index in [2.05, 4.69) is 0 Å². The van der Waals surface area contributed by atoms with Gasteiger partial charge in [-0.1, -0.05) is 0 Å². The molecule has 0 aromatic rings. The van der Waals surface area contributed by atoms with Gasteiger partial charge in [0, 0.05) is 13.1 Å². The molecule has 0 aromatic heterocycles. The molecular weight excluding hydrogens is 218 g/mol. The van der Waals surface area contributed by atoms with Crippen LogP contribution in [0, 0.1) is 0 Å². The molecule has 0 bridgehead atoms. The summed E-state index contributed by atoms with van der Waals surface area (Å²) >= 11 is 0. The first kappa shape index (κ1) is 15.7. The predicted molar refractivity (Wildman–Crippen MR) is 55.7 cm³/mol. The highest BCUT2D eigenvalue weighted by Crippen LogP contribution is 2.02. The van der Waals surface area contributed by atoms with Crippen LogP contribution in [-0.2, 0) is 0 Å². The van der Waals surface area contributed by atoms with Crippen LogP contribution in [0.25, 0.3) is 0 Å². The van der Waals surface area contributed by atoms with Crippen LogP contribution in [0.1, 0.15) is 0 Å². The lowest BCUT2D eigenvalue weighted by Gasteiger charge is -2.31. The van der Waals surface area contributed by atoms with Crippen molar-refractivity contribution in [3.63, 3.8) is 0 Å². The standard InChI is InChI=1S/C9H21NO6/c11-3-7(4-12)10(1-8(15)5-13)2-9(16)6-14/h7-9,11-16H,1-6H2. The van der Waals surface area contributed by atoms with Gasteiger partial charge in [0.2, 0.25) is 0 Å². The molecule has 2 unspecified atom stereocenters. The Morgan fingerprint density at radius 3 is 1.31 bits per heavy atom. The van der Waals surface area contributed by atoms with Crippen LogP contribution in [-0.4, -0.2) is 93.3 Å². The second kappa shape index (κ2) is 8.82. The molecule has 0 saturated heterocycles. The fourth-order valence-electron chi connectivity index (χ4n) is 1.32. The monoisotopic (exact) mass is 239 g/mol. The van der Waals surface area contributed by atoms with Gasteiger partial charge in [0.1, 0.15) is 0 Å². The molecule has 98 valence electrons. The van der Waals surface area contributed by atoms with Crippen molar-refractivity contribution in [3.05, 3.63) is 0 Å². The van der Waals surface area contributed by atoms with Gasteiger partial charge < -0.3 is 30.6 Å². The smallest absolute Gasteiger partial charge is 0.0897 e. The van der Waals surface area contributed by atoms with E-state index in [0.29, 0.717) is 0 Å². The van der Waals surface area contributed by atoms with Crippen LogP contribution in [0.3, 0.4) is 0 Å². The molecule has 0 aliphatic heterocycles. The van der Waals surface area contributed by atoms with Gasteiger partial charge in [0.15, 0.2) is 0 Å². The van der Waals surface area contributed by atoms with Gasteiger partial charge in [0.05, 0.1) is 44.7 Å². The third-order valence-corrected chi connectivity index (χ3v) is 2.25. The molecule has 0 aromatic carbocycles. The zero-order chi connectivity index (χ0) is 12.6. The Morgan fingerprint density at radius 2 is 1.06 bits per heavy atom. The highest BCUT2D eigenvalue weighted by atomic mass is 16.3. The molecule has 0 fully saturated rings. The number of aliphatic hydroxyl groups excluding tert-OH is 6. The average Bonchev–Trinajstić information content (AvgIpc) is 2.29. The number of hydrogen-bond donors (Lipinski definition) is 6. The molecule has 7 heteroatoms. The number of aliphatic hydroxyl groups is 6. The van der Waals surface area contributed by atoms with E-state index in [0.717, 1.165) is 0 Å². The van der Waals surface area contributed by atoms with Crippen LogP contribution >= 0.6 is 0 Å². The van der Waals surface area contributed by atoms with E-state index in [1.807, 2.05) is 0 Å². The molecular formula is C9H21NO6. The maximum atomic E-state index is 9.25. The maximum Gasteiger partial charge on any atom is 0.0897 e. The SMILES string of the molecule is OCC(O)CN(CC(O)CO)C(CO)CO. The Morgan fingerprint density at radius 1 is 0.688 bits per heavy atom. The van der Waals surface area contributed by atoms with E-state index in [-0.39, 0.29) is 26.3 Å². The second-order valence-electron chi connectivity index (χ2n) is 3.65. The number of hydrogen-bond acceptors (Lipinski definition) is 7. The molecule has 0 heterocycles. The van der Waals surface area contributed by atoms with Crippen molar-refractivity contribution in [2.24, 2.45) is 0 Å². The summed E-state index contributed by atoms with van der Waals surface area (Å²) in [5.74, 6) is 0. The first-order valence-electron chi connectivity index (χ1n) is 5.12. The third kappa shape index (κ3) is 5.71. The summed E-state index contributed by atoms with van der Waals surface area (Å²) in [5.41, 5.74) is 0. The third-order valence-electron chi connectivity index (χ3n) is 2.25. The Labute approximate surface area is 94.2 Å². The van der Waals surface area contributed by atoms with E-state index >= 15 is 0 Å². The lowest BCUT2D eigenvalue weighted by molar-refractivity contribution is -0.0162. The fraction of sp³-hybridized carbons (Fsp3) is 1.00. The molecule has 0 aliphatic rings. The normalized spacial score (nSPS) is 15.8. The van der Waals surface area contributed by atoms with Crippen LogP contribution in [0.15, 0.2) is 0 Å². The first-order chi connectivity index (χ1) is 7.58. The highest BCUT2D eigenvalue weighted by molar-refractivity contribution is 4.75. The number of rotatable bonds is 9. The van der Waals surface area contributed by atoms with Crippen molar-refractivity contribution in [2.45, 2.75) is 18.2 Å². The Balaban J connectivity index is 4.35. The first-order valence-corrected chi connectivity index (χ1v) is 5.12. The fourth-order valence-corrected chi connectivity index (χ4v) is 1.32. The average molecular weight is 239 g/mol. The maximum absolute atomic E-state index is 9.25. The second-order valence-corrected chi connectivity index (χ2v) is 3.65. The summed E-state index contributed by atoms with van der Waals surface area (Å²) in [7, 11) is 0. The Hall–Kier alpha value is -0.280. The lowest BCUT2D eigenvalue weighted by Crippen LogP contribution is -2.49. The van der Waals surface area contributed by atoms with Gasteiger partial charge >= 0.3 is 0 Å². The highest BCUT2D eigenvalue weighted by Gasteiger charge is 2.22. The predicted octanol–water partition coefficient (Wildman–Crippen LogP) is -3.65. The molecule has 0 rings (SSSR count). The quantitative estimate of drug-likeness (QED) is 0.245. The minimum Gasteiger partial charge on any atom is -0.395 e. The van der Waals surface area contributed by atoms with Gasteiger partial charge in [-0.05, 0) is 0 Å². The Bertz CT molecular complexity index is 154. The van der Waals surface area contributed by atoms with Crippen LogP contribution < -0.4 is 0 Å². The van der Waals surface area contributed by atoms with E-state index in [1.165, 1.54) is 4.90 Å². The van der Waals surface area contributed by atoms with Crippen molar-refractivity contribution in [3.8, 4) is 0 Å². The molecule has 16 heavy (non-hydrogen) atoms. The Kier molecular flexibility index (Phi) is 8.67. The molecule has 0 radical (unpaired) electrons. The summed E-state index contributed by atoms with van der Waals surface area (Å²) in [6, 6.07) is -0.637. The molecule has 2 atom stereocenters. The molecule has 6 N–H and O–H groups in total. The summed E-state index contributed by atoms with van der Waals surface area (Å²) in [6.45, 7) is -1.58. The minimum absolute atomic E-state index is 0.000648. The van der Waals surface area contributed by atoms with Gasteiger partial charge in [0.25, 0.3) is 0 Å². The van der Waals surface area contributed by atoms with Crippen molar-refractivity contribution >= 4 is 0 Å². The van der Waals surface area contributed by atoms with Crippen molar-refractivity contribution in [1.82, 2.24) is 4.90 Å². The van der Waals surface area contributed by atoms with Gasteiger partial charge in [-0.3, -0.25) is 4.90 Å². The molecule has 0 amide bonds.